The lowest BCUT2D eigenvalue weighted by Crippen LogP contribution is -2.29. The lowest BCUT2D eigenvalue weighted by Gasteiger charge is -2.30. The molecule has 0 unspecified atom stereocenters. The van der Waals surface area contributed by atoms with Gasteiger partial charge in [-0.3, -0.25) is 4.99 Å². The Kier molecular flexibility index (Phi) is 6.01. The molecule has 1 aliphatic rings. The van der Waals surface area contributed by atoms with E-state index in [1.165, 1.54) is 17.8 Å². The molecule has 2 heterocycles. The van der Waals surface area contributed by atoms with Crippen LogP contribution in [0.15, 0.2) is 41.5 Å². The monoisotopic (exact) mass is 388 g/mol. The molecule has 1 aromatic carbocycles. The highest BCUT2D eigenvalue weighted by atomic mass is 32.2. The van der Waals surface area contributed by atoms with Crippen LogP contribution in [0.25, 0.3) is 0 Å². The molecule has 0 amide bonds. The molecule has 7 heteroatoms. The zero-order chi connectivity index (χ0) is 19.4. The fourth-order valence-corrected chi connectivity index (χ4v) is 3.87. The first-order chi connectivity index (χ1) is 12.9. The van der Waals surface area contributed by atoms with Gasteiger partial charge >= 0.3 is 0 Å². The number of benzene rings is 1. The van der Waals surface area contributed by atoms with Crippen LogP contribution in [0.3, 0.4) is 0 Å². The van der Waals surface area contributed by atoms with Gasteiger partial charge in [-0.1, -0.05) is 17.8 Å². The maximum atomic E-state index is 14.5. The molecule has 1 aliphatic heterocycles. The second kappa shape index (κ2) is 8.27. The van der Waals surface area contributed by atoms with Crippen LogP contribution in [0.5, 0.6) is 0 Å². The quantitative estimate of drug-likeness (QED) is 0.759. The molecule has 27 heavy (non-hydrogen) atoms. The van der Waals surface area contributed by atoms with E-state index in [2.05, 4.69) is 15.3 Å². The van der Waals surface area contributed by atoms with Gasteiger partial charge in [0, 0.05) is 23.2 Å². The third-order valence-corrected chi connectivity index (χ3v) is 5.22. The highest BCUT2D eigenvalue weighted by Gasteiger charge is 2.32. The van der Waals surface area contributed by atoms with Gasteiger partial charge in [0.2, 0.25) is 0 Å². The predicted octanol–water partition coefficient (Wildman–Crippen LogP) is 4.56. The molecule has 0 radical (unpaired) electrons. The molecule has 0 saturated carbocycles. The highest BCUT2D eigenvalue weighted by Crippen LogP contribution is 2.37. The van der Waals surface area contributed by atoms with E-state index >= 15 is 0 Å². The lowest BCUT2D eigenvalue weighted by molar-refractivity contribution is 0.0655. The summed E-state index contributed by atoms with van der Waals surface area (Å²) >= 11 is 1.50. The van der Waals surface area contributed by atoms with Crippen molar-refractivity contribution in [2.24, 2.45) is 10.7 Å². The molecule has 144 valence electrons. The summed E-state index contributed by atoms with van der Waals surface area (Å²) in [6, 6.07) is 8.80. The summed E-state index contributed by atoms with van der Waals surface area (Å²) in [7, 11) is 0. The summed E-state index contributed by atoms with van der Waals surface area (Å²) in [6.45, 7) is 6.45. The number of rotatable bonds is 6. The van der Waals surface area contributed by atoms with Crippen molar-refractivity contribution in [3.63, 3.8) is 0 Å². The number of aliphatic imine (C=N–C) groups is 1. The van der Waals surface area contributed by atoms with Crippen molar-refractivity contribution in [1.29, 1.82) is 0 Å². The topological polar surface area (TPSA) is 72.5 Å². The van der Waals surface area contributed by atoms with Crippen molar-refractivity contribution in [2.75, 3.05) is 11.1 Å². The highest BCUT2D eigenvalue weighted by molar-refractivity contribution is 8.13. The Morgan fingerprint density at radius 2 is 2.15 bits per heavy atom. The number of nitrogens with two attached hydrogens (primary N) is 1. The van der Waals surface area contributed by atoms with Crippen molar-refractivity contribution in [2.45, 2.75) is 45.4 Å². The summed E-state index contributed by atoms with van der Waals surface area (Å²) in [4.78, 5) is 8.91. The number of hydrogen-bond acceptors (Lipinski definition) is 6. The molecule has 5 nitrogen and oxygen atoms in total. The largest absolute Gasteiger partial charge is 0.379 e. The molecular weight excluding hydrogens is 363 g/mol. The molecule has 2 aromatic rings. The number of ether oxygens (including phenoxy) is 1. The van der Waals surface area contributed by atoms with Gasteiger partial charge in [0.05, 0.1) is 18.2 Å². The van der Waals surface area contributed by atoms with E-state index in [-0.39, 0.29) is 11.9 Å². The third-order valence-electron chi connectivity index (χ3n) is 4.42. The molecule has 0 aliphatic carbocycles. The number of anilines is 2. The molecule has 0 fully saturated rings. The normalized spacial score (nSPS) is 19.8. The van der Waals surface area contributed by atoms with Gasteiger partial charge in [0.1, 0.15) is 11.6 Å². The fourth-order valence-electron chi connectivity index (χ4n) is 2.89. The standard InChI is InChI=1S/C20H25FN4OS/c1-13(2)26-12-14-4-7-18(23-11-14)24-15-5-6-17(21)16(10-15)20(3)8-9-27-19(22)25-20/h4-7,10-11,13H,8-9,12H2,1-3H3,(H2,22,25)(H,23,24)/t20-/m0/s1. The van der Waals surface area contributed by atoms with Crippen molar-refractivity contribution in [1.82, 2.24) is 4.98 Å². The van der Waals surface area contributed by atoms with Gasteiger partial charge in [-0.05, 0) is 57.0 Å². The average Bonchev–Trinajstić information content (AvgIpc) is 2.62. The first kappa shape index (κ1) is 19.6. The van der Waals surface area contributed by atoms with E-state index in [4.69, 9.17) is 10.5 Å². The third kappa shape index (κ3) is 4.99. The van der Waals surface area contributed by atoms with Crippen LogP contribution in [-0.2, 0) is 16.9 Å². The fraction of sp³-hybridized carbons (Fsp3) is 0.400. The molecule has 3 rings (SSSR count). The SMILES string of the molecule is CC(C)OCc1ccc(Nc2ccc(F)c([C@]3(C)CCSC(N)=N3)c2)nc1. The van der Waals surface area contributed by atoms with E-state index in [1.807, 2.05) is 32.9 Å². The van der Waals surface area contributed by atoms with Crippen LogP contribution in [0.4, 0.5) is 15.9 Å². The van der Waals surface area contributed by atoms with E-state index in [0.717, 1.165) is 23.4 Å². The van der Waals surface area contributed by atoms with E-state index in [0.29, 0.717) is 23.2 Å². The van der Waals surface area contributed by atoms with Gasteiger partial charge in [0.25, 0.3) is 0 Å². The second-order valence-corrected chi connectivity index (χ2v) is 8.17. The molecule has 0 saturated heterocycles. The molecule has 0 spiro atoms. The first-order valence-electron chi connectivity index (χ1n) is 8.97. The minimum atomic E-state index is -0.650. The number of halogens is 1. The van der Waals surface area contributed by atoms with E-state index < -0.39 is 5.54 Å². The van der Waals surface area contributed by atoms with Gasteiger partial charge in [-0.2, -0.15) is 0 Å². The maximum Gasteiger partial charge on any atom is 0.154 e. The maximum absolute atomic E-state index is 14.5. The number of pyridine rings is 1. The van der Waals surface area contributed by atoms with Gasteiger partial charge in [0.15, 0.2) is 5.17 Å². The summed E-state index contributed by atoms with van der Waals surface area (Å²) < 4.78 is 20.1. The smallest absolute Gasteiger partial charge is 0.154 e. The summed E-state index contributed by atoms with van der Waals surface area (Å²) in [5, 5.41) is 3.73. The Morgan fingerprint density at radius 3 is 2.81 bits per heavy atom. The minimum Gasteiger partial charge on any atom is -0.379 e. The first-order valence-corrected chi connectivity index (χ1v) is 9.96. The molecule has 0 bridgehead atoms. The van der Waals surface area contributed by atoms with Crippen molar-refractivity contribution in [3.8, 4) is 0 Å². The van der Waals surface area contributed by atoms with Crippen LogP contribution >= 0.6 is 11.8 Å². The van der Waals surface area contributed by atoms with E-state index in [1.54, 1.807) is 18.3 Å². The van der Waals surface area contributed by atoms with Crippen molar-refractivity contribution >= 4 is 28.4 Å². The number of aromatic nitrogens is 1. The van der Waals surface area contributed by atoms with Crippen LogP contribution in [0.2, 0.25) is 0 Å². The number of nitrogens with one attached hydrogen (secondary N) is 1. The van der Waals surface area contributed by atoms with Crippen molar-refractivity contribution < 1.29 is 9.13 Å². The Labute approximate surface area is 163 Å². The Balaban J connectivity index is 1.77. The zero-order valence-corrected chi connectivity index (χ0v) is 16.6. The van der Waals surface area contributed by atoms with Gasteiger partial charge < -0.3 is 15.8 Å². The summed E-state index contributed by atoms with van der Waals surface area (Å²) in [5.74, 6) is 1.23. The zero-order valence-electron chi connectivity index (χ0n) is 15.8. The van der Waals surface area contributed by atoms with Crippen LogP contribution < -0.4 is 11.1 Å². The lowest BCUT2D eigenvalue weighted by atomic mass is 9.89. The number of amidine groups is 1. The number of thioether (sulfide) groups is 1. The Bertz CT molecular complexity index is 825. The molecular formula is C20H25FN4OS. The minimum absolute atomic E-state index is 0.177. The predicted molar refractivity (Wildman–Crippen MR) is 110 cm³/mol. The van der Waals surface area contributed by atoms with Crippen molar-refractivity contribution in [3.05, 3.63) is 53.5 Å². The molecule has 3 N–H and O–H groups in total. The molecule has 1 atom stereocenters. The Hall–Kier alpha value is -2.12. The van der Waals surface area contributed by atoms with E-state index in [9.17, 15) is 4.39 Å². The average molecular weight is 389 g/mol. The summed E-state index contributed by atoms with van der Waals surface area (Å²) in [6.07, 6.45) is 2.69. The number of hydrogen-bond donors (Lipinski definition) is 2. The van der Waals surface area contributed by atoms with Gasteiger partial charge in [-0.25, -0.2) is 9.37 Å². The molecule has 1 aromatic heterocycles. The second-order valence-electron chi connectivity index (χ2n) is 7.05. The Morgan fingerprint density at radius 1 is 1.33 bits per heavy atom. The van der Waals surface area contributed by atoms with Crippen LogP contribution in [0, 0.1) is 5.82 Å². The van der Waals surface area contributed by atoms with Gasteiger partial charge in [-0.15, -0.1) is 0 Å². The van der Waals surface area contributed by atoms with Crippen LogP contribution in [-0.4, -0.2) is 22.0 Å². The van der Waals surface area contributed by atoms with Crippen LogP contribution in [0.1, 0.15) is 38.3 Å². The summed E-state index contributed by atoms with van der Waals surface area (Å²) in [5.41, 5.74) is 7.53. The number of nitrogens with zero attached hydrogens (tertiary/aromatic N) is 2.